The van der Waals surface area contributed by atoms with E-state index in [9.17, 15) is 32.9 Å². The zero-order valence-corrected chi connectivity index (χ0v) is 51.2. The van der Waals surface area contributed by atoms with Crippen molar-refractivity contribution in [2.75, 3.05) is 0 Å². The van der Waals surface area contributed by atoms with Crippen LogP contribution in [-0.4, -0.2) is 22.2 Å². The molecule has 3 heterocycles. The van der Waals surface area contributed by atoms with Crippen LogP contribution < -0.4 is 30.1 Å². The summed E-state index contributed by atoms with van der Waals surface area (Å²) in [5, 5.41) is -2.46. The van der Waals surface area contributed by atoms with Gasteiger partial charge < -0.3 is 13.9 Å². The molecule has 0 amide bonds. The average molecular weight is 1360 g/mol. The maximum Gasteiger partial charge on any atom is 0.268 e. The number of para-hydroxylation sites is 3. The molecule has 432 valence electrons. The van der Waals surface area contributed by atoms with Crippen LogP contribution in [0.1, 0.15) is 116 Å². The van der Waals surface area contributed by atoms with Gasteiger partial charge in [0.25, 0.3) is 6.33 Å². The van der Waals surface area contributed by atoms with E-state index in [1.165, 1.54) is 61.7 Å². The molecule has 0 aliphatic heterocycles. The van der Waals surface area contributed by atoms with Crippen molar-refractivity contribution in [1.82, 2.24) is 14.1 Å². The molecule has 14 aromatic rings. The molecule has 0 aliphatic rings. The van der Waals surface area contributed by atoms with Gasteiger partial charge >= 0.3 is 0 Å². The summed E-state index contributed by atoms with van der Waals surface area (Å²) < 4.78 is 306. The summed E-state index contributed by atoms with van der Waals surface area (Å²) in [5.74, 6) is 0.750. The van der Waals surface area contributed by atoms with E-state index in [-0.39, 0.29) is 60.3 Å². The number of pyridine rings is 1. The van der Waals surface area contributed by atoms with Gasteiger partial charge in [0, 0.05) is 44.3 Å². The number of hydrogen-bond donors (Lipinski definition) is 0. The minimum absolute atomic E-state index is 0. The van der Waals surface area contributed by atoms with Gasteiger partial charge in [0.15, 0.2) is 8.07 Å². The Kier molecular flexibility index (Phi) is 8.62. The van der Waals surface area contributed by atoms with Gasteiger partial charge in [0.05, 0.1) is 63.3 Å². The summed E-state index contributed by atoms with van der Waals surface area (Å²) >= 11 is 0. The van der Waals surface area contributed by atoms with Crippen LogP contribution in [0, 0.1) is 18.5 Å². The number of aromatic nitrogens is 4. The van der Waals surface area contributed by atoms with E-state index in [2.05, 4.69) is 39.2 Å². The largest absolute Gasteiger partial charge is 0.510 e. The van der Waals surface area contributed by atoms with E-state index >= 15 is 0 Å². The number of ether oxygens (including phenoxy) is 1. The van der Waals surface area contributed by atoms with Crippen LogP contribution in [0.25, 0.3) is 50.0 Å². The van der Waals surface area contributed by atoms with Crippen molar-refractivity contribution in [3.05, 3.63) is 342 Å². The third kappa shape index (κ3) is 9.95. The Labute approximate surface area is 574 Å². The van der Waals surface area contributed by atoms with Crippen molar-refractivity contribution in [3.8, 4) is 28.7 Å². The minimum atomic E-state index is -6.80. The van der Waals surface area contributed by atoms with E-state index in [0.29, 0.717) is 11.3 Å². The molecule has 0 unspecified atom stereocenters. The molecular formula is C81H66N4OPtSi-2. The second kappa shape index (κ2) is 23.3. The molecule has 14 rings (SSSR count). The maximum absolute atomic E-state index is 10.4. The van der Waals surface area contributed by atoms with Crippen molar-refractivity contribution in [3.63, 3.8) is 0 Å². The normalized spacial score (nSPS) is 16.9. The molecule has 0 saturated carbocycles. The topological polar surface area (TPSA) is 35.9 Å². The van der Waals surface area contributed by atoms with Crippen LogP contribution in [0.2, 0.25) is 0 Å². The van der Waals surface area contributed by atoms with Crippen LogP contribution >= 0.6 is 0 Å². The van der Waals surface area contributed by atoms with Gasteiger partial charge in [0.1, 0.15) is 5.82 Å². The summed E-state index contributed by atoms with van der Waals surface area (Å²) in [6, 6.07) is -2.06. The summed E-state index contributed by atoms with van der Waals surface area (Å²) in [6.45, 7) is 10.9. The molecule has 11 aromatic carbocycles. The van der Waals surface area contributed by atoms with Gasteiger partial charge in [0.2, 0.25) is 0 Å². The summed E-state index contributed by atoms with van der Waals surface area (Å²) in [5.41, 5.74) is -9.10. The molecule has 3 aromatic heterocycles. The number of nitrogens with zero attached hydrogens (tertiary/aromatic N) is 4. The van der Waals surface area contributed by atoms with E-state index < -0.39 is 249 Å². The SMILES string of the molecule is [2H]c1c([2H])c([2H])c(C(c2cc(C(C)(C)C)cc([Si](c3c([2H])c([2H])c([2H])c([2H])c3[2H])(c3c([2H])c([2H])c([2H])c([2H])c3[2H])c3c([2H])c([2H])c([2H])c([2H])c3[2H])c2-[n+]2[c-]n(-c3[c-]c(Oc4[c-]c5c(cc4)c4ccccc4n5-c4cc(C(C)(C)C)ccn4)ccc3)c3ccccc32)(c2c([2H])c([2H])c([2H])c([2H])c2[2H])c2c([2H])c([2H])c([2H])c([2H])c2[2H])c([2H])c1[2H].[Pt]. The van der Waals surface area contributed by atoms with Gasteiger partial charge in [-0.3, -0.25) is 4.57 Å². The molecule has 0 N–H and O–H groups in total. The second-order valence-electron chi connectivity index (χ2n) is 22.5. The molecule has 0 saturated heterocycles. The van der Waals surface area contributed by atoms with Gasteiger partial charge in [-0.05, 0) is 94.2 Å². The molecule has 0 aliphatic carbocycles. The van der Waals surface area contributed by atoms with Crippen molar-refractivity contribution in [2.24, 2.45) is 0 Å². The van der Waals surface area contributed by atoms with E-state index in [4.69, 9.17) is 17.9 Å². The number of rotatable bonds is 13. The standard InChI is InChI=1S/C81H66N4OSi.Pt/c1-79(2,3)61-50-51-82-77(54-61)85-72-45-26-25-44-69(72)70-49-48-65(56-75(70)85)86-64-37-29-36-63(55-64)83-57-84(74-47-28-27-46-73(74)83)78-71(81(58-30-13-7-14-31-58,59-32-15-8-16-33-59)60-34-17-9-18-35-60)52-62(80(4,5)6)53-76(78)87(66-38-19-10-20-39-66,67-40-21-11-22-41-67)68-42-23-12-24-43-68;/h7-54H,1-6H3;/q-2;/i7D,8D,9D,10D,11D,12D,13D,14D,15D,16D,17D,18D,19D,20D,21D,22D,23D,24D,30D,31D,32D,33D,34D,35D,38D,39D,40D,41D,42D,43D;. The number of imidazole rings is 1. The van der Waals surface area contributed by atoms with Gasteiger partial charge in [-0.1, -0.05) is 283 Å². The van der Waals surface area contributed by atoms with Crippen molar-refractivity contribution < 1.29 is 71.5 Å². The number of fused-ring (bicyclic) bond motifs is 4. The summed E-state index contributed by atoms with van der Waals surface area (Å²) in [6.07, 6.45) is 5.04. The first-order valence-corrected chi connectivity index (χ1v) is 29.6. The predicted octanol–water partition coefficient (Wildman–Crippen LogP) is 15.9. The molecule has 0 bridgehead atoms. The Hall–Kier alpha value is -9.45. The number of hydrogen-bond acceptors (Lipinski definition) is 2. The average Bonchev–Trinajstić information content (AvgIpc) is 0.783. The van der Waals surface area contributed by atoms with E-state index in [1.54, 1.807) is 30.5 Å². The molecule has 88 heavy (non-hydrogen) atoms. The quantitative estimate of drug-likeness (QED) is 0.0499. The molecular weight excluding hydrogens is 1270 g/mol. The van der Waals surface area contributed by atoms with E-state index in [0.717, 1.165) is 26.4 Å². The Morgan fingerprint density at radius 2 is 0.989 bits per heavy atom. The Bertz CT molecular complexity index is 5940. The monoisotopic (exact) mass is 1360 g/mol. The first-order chi connectivity index (χ1) is 54.8. The summed E-state index contributed by atoms with van der Waals surface area (Å²) in [4.78, 5) is 4.81. The maximum atomic E-state index is 10.4. The van der Waals surface area contributed by atoms with Gasteiger partial charge in [-0.25, -0.2) is 4.98 Å². The van der Waals surface area contributed by atoms with Crippen LogP contribution in [-0.2, 0) is 37.3 Å². The zero-order chi connectivity index (χ0) is 85.4. The molecule has 0 fully saturated rings. The first kappa shape index (κ1) is 32.5. The minimum Gasteiger partial charge on any atom is -0.510 e. The van der Waals surface area contributed by atoms with Crippen LogP contribution in [0.15, 0.2) is 291 Å². The molecule has 0 atom stereocenters. The molecule has 7 heteroatoms. The molecule has 0 spiro atoms. The van der Waals surface area contributed by atoms with Crippen LogP contribution in [0.3, 0.4) is 0 Å². The first-order valence-electron chi connectivity index (χ1n) is 42.6. The third-order valence-electron chi connectivity index (χ3n) is 15.4. The zero-order valence-electron chi connectivity index (χ0n) is 77.9. The Balaban J connectivity index is 0.0000121. The smallest absolute Gasteiger partial charge is 0.268 e. The van der Waals surface area contributed by atoms with Crippen molar-refractivity contribution in [1.29, 1.82) is 0 Å². The van der Waals surface area contributed by atoms with Gasteiger partial charge in [-0.2, -0.15) is 18.2 Å². The Morgan fingerprint density at radius 1 is 0.477 bits per heavy atom. The predicted molar refractivity (Wildman–Crippen MR) is 359 cm³/mol. The molecule has 0 radical (unpaired) electrons. The summed E-state index contributed by atoms with van der Waals surface area (Å²) in [7, 11) is -6.80. The molecule has 5 nitrogen and oxygen atoms in total. The van der Waals surface area contributed by atoms with Crippen LogP contribution in [0.4, 0.5) is 0 Å². The fraction of sp³-hybridized carbons (Fsp3) is 0.111. The van der Waals surface area contributed by atoms with Crippen LogP contribution in [0.5, 0.6) is 11.5 Å². The number of benzene rings is 11. The van der Waals surface area contributed by atoms with Crippen molar-refractivity contribution >= 4 is 61.7 Å². The third-order valence-corrected chi connectivity index (χ3v) is 19.6. The van der Waals surface area contributed by atoms with E-state index in [1.807, 2.05) is 47.0 Å². The Morgan fingerprint density at radius 3 is 1.55 bits per heavy atom. The van der Waals surface area contributed by atoms with Crippen molar-refractivity contribution in [2.45, 2.75) is 57.8 Å². The second-order valence-corrected chi connectivity index (χ2v) is 26.1. The van der Waals surface area contributed by atoms with Gasteiger partial charge in [-0.15, -0.1) is 29.7 Å². The fourth-order valence-corrected chi connectivity index (χ4v) is 15.4. The fourth-order valence-electron chi connectivity index (χ4n) is 11.4.